The van der Waals surface area contributed by atoms with Crippen molar-refractivity contribution in [3.8, 4) is 22.4 Å². The minimum atomic E-state index is -0.341. The van der Waals surface area contributed by atoms with Crippen molar-refractivity contribution in [3.63, 3.8) is 0 Å². The van der Waals surface area contributed by atoms with Crippen molar-refractivity contribution < 1.29 is 0 Å². The van der Waals surface area contributed by atoms with E-state index in [4.69, 9.17) is 0 Å². The van der Waals surface area contributed by atoms with E-state index in [-0.39, 0.29) is 11.2 Å². The fourth-order valence-corrected chi connectivity index (χ4v) is 4.40. The van der Waals surface area contributed by atoms with Gasteiger partial charge in [0.1, 0.15) is 5.82 Å². The zero-order valence-electron chi connectivity index (χ0n) is 18.5. The fourth-order valence-electron chi connectivity index (χ4n) is 4.40. The molecule has 0 atom stereocenters. The molecule has 8 nitrogen and oxygen atoms in total. The summed E-state index contributed by atoms with van der Waals surface area (Å²) in [5, 5.41) is 4.41. The Kier molecular flexibility index (Phi) is 4.94. The summed E-state index contributed by atoms with van der Waals surface area (Å²) in [6.45, 7) is 5.88. The Hall–Kier alpha value is -3.65. The first-order valence-corrected chi connectivity index (χ1v) is 10.8. The number of fused-ring (bicyclic) bond motifs is 1. The molecule has 0 spiro atoms. The third kappa shape index (κ3) is 3.33. The maximum absolute atomic E-state index is 12.7. The maximum atomic E-state index is 12.7. The fraction of sp³-hybridized carbons (Fsp3) is 0.292. The highest BCUT2D eigenvalue weighted by molar-refractivity contribution is 5.93. The van der Waals surface area contributed by atoms with Crippen LogP contribution in [0.1, 0.15) is 5.56 Å². The standard InChI is InChI=1S/C24H26N6O2/c1-15-18-6-4-16(17-5-7-21(26-13-17)30-10-8-25-9-11-30)12-20(18)27-22(15)19-14-28(2)24(32)29(3)23(19)31/h4-7,12-14,25,27H,8-11H2,1-3H3. The van der Waals surface area contributed by atoms with Gasteiger partial charge >= 0.3 is 5.69 Å². The average molecular weight is 431 g/mol. The number of aromatic amines is 1. The number of aryl methyl sites for hydroxylation is 2. The van der Waals surface area contributed by atoms with E-state index in [9.17, 15) is 9.59 Å². The Morgan fingerprint density at radius 1 is 1.00 bits per heavy atom. The molecule has 164 valence electrons. The molecule has 1 aromatic carbocycles. The second-order valence-corrected chi connectivity index (χ2v) is 8.33. The van der Waals surface area contributed by atoms with Crippen LogP contribution in [0.2, 0.25) is 0 Å². The van der Waals surface area contributed by atoms with Crippen molar-refractivity contribution in [1.82, 2.24) is 24.4 Å². The van der Waals surface area contributed by atoms with E-state index in [1.54, 1.807) is 13.2 Å². The lowest BCUT2D eigenvalue weighted by molar-refractivity contribution is 0.585. The van der Waals surface area contributed by atoms with E-state index in [0.29, 0.717) is 5.56 Å². The number of pyridine rings is 1. The molecule has 1 aliphatic heterocycles. The normalized spacial score (nSPS) is 14.3. The van der Waals surface area contributed by atoms with E-state index >= 15 is 0 Å². The molecule has 4 aromatic rings. The van der Waals surface area contributed by atoms with Crippen LogP contribution in [0.15, 0.2) is 52.3 Å². The lowest BCUT2D eigenvalue weighted by Gasteiger charge is -2.28. The Balaban J connectivity index is 1.53. The van der Waals surface area contributed by atoms with Crippen molar-refractivity contribution in [3.05, 3.63) is 69.1 Å². The van der Waals surface area contributed by atoms with Crippen LogP contribution in [-0.2, 0) is 14.1 Å². The Bertz CT molecular complexity index is 1420. The van der Waals surface area contributed by atoms with Gasteiger partial charge in [0, 0.05) is 69.1 Å². The summed E-state index contributed by atoms with van der Waals surface area (Å²) in [7, 11) is 3.15. The SMILES string of the molecule is Cc1c(-c2cn(C)c(=O)n(C)c2=O)[nH]c2cc(-c3ccc(N4CCNCC4)nc3)ccc12. The molecule has 0 aliphatic carbocycles. The van der Waals surface area contributed by atoms with Crippen molar-refractivity contribution in [2.24, 2.45) is 14.1 Å². The molecule has 4 heterocycles. The monoisotopic (exact) mass is 430 g/mol. The van der Waals surface area contributed by atoms with E-state index in [2.05, 4.69) is 50.5 Å². The number of hydrogen-bond donors (Lipinski definition) is 2. The lowest BCUT2D eigenvalue weighted by Crippen LogP contribution is -2.43. The third-order valence-electron chi connectivity index (χ3n) is 6.30. The summed E-state index contributed by atoms with van der Waals surface area (Å²) in [5.74, 6) is 1.000. The minimum absolute atomic E-state index is 0.310. The molecule has 8 heteroatoms. The first kappa shape index (κ1) is 20.3. The molecule has 0 radical (unpaired) electrons. The van der Waals surface area contributed by atoms with Crippen LogP contribution >= 0.6 is 0 Å². The minimum Gasteiger partial charge on any atom is -0.354 e. The molecular formula is C24H26N6O2. The zero-order chi connectivity index (χ0) is 22.4. The van der Waals surface area contributed by atoms with Crippen LogP contribution < -0.4 is 21.5 Å². The second kappa shape index (κ2) is 7.80. The third-order valence-corrected chi connectivity index (χ3v) is 6.30. The molecule has 1 saturated heterocycles. The number of rotatable bonds is 3. The van der Waals surface area contributed by atoms with E-state index in [1.165, 1.54) is 11.6 Å². The lowest BCUT2D eigenvalue weighted by atomic mass is 10.0. The van der Waals surface area contributed by atoms with Crippen molar-refractivity contribution in [1.29, 1.82) is 0 Å². The Labute approximate surface area is 185 Å². The summed E-state index contributed by atoms with van der Waals surface area (Å²) >= 11 is 0. The first-order valence-electron chi connectivity index (χ1n) is 10.8. The topological polar surface area (TPSA) is 88.0 Å². The van der Waals surface area contributed by atoms with Crippen LogP contribution in [0, 0.1) is 6.92 Å². The number of nitrogens with one attached hydrogen (secondary N) is 2. The van der Waals surface area contributed by atoms with Gasteiger partial charge in [-0.2, -0.15) is 0 Å². The number of piperazine rings is 1. The van der Waals surface area contributed by atoms with Crippen LogP contribution in [0.3, 0.4) is 0 Å². The predicted molar refractivity (Wildman–Crippen MR) is 127 cm³/mol. The molecule has 5 rings (SSSR count). The summed E-state index contributed by atoms with van der Waals surface area (Å²) in [5.41, 5.74) is 4.58. The summed E-state index contributed by atoms with van der Waals surface area (Å²) in [4.78, 5) is 35.2. The van der Waals surface area contributed by atoms with Crippen LogP contribution in [0.25, 0.3) is 33.3 Å². The van der Waals surface area contributed by atoms with E-state index < -0.39 is 0 Å². The largest absolute Gasteiger partial charge is 0.354 e. The van der Waals surface area contributed by atoms with Crippen LogP contribution in [0.5, 0.6) is 0 Å². The van der Waals surface area contributed by atoms with Gasteiger partial charge in [0.05, 0.1) is 11.3 Å². The highest BCUT2D eigenvalue weighted by Gasteiger charge is 2.16. The molecular weight excluding hydrogens is 404 g/mol. The quantitative estimate of drug-likeness (QED) is 0.519. The van der Waals surface area contributed by atoms with Crippen LogP contribution in [0.4, 0.5) is 5.82 Å². The Morgan fingerprint density at radius 3 is 2.47 bits per heavy atom. The zero-order valence-corrected chi connectivity index (χ0v) is 18.5. The van der Waals surface area contributed by atoms with Crippen molar-refractivity contribution >= 4 is 16.7 Å². The molecule has 1 aliphatic rings. The first-order chi connectivity index (χ1) is 15.4. The number of anilines is 1. The summed E-state index contributed by atoms with van der Waals surface area (Å²) in [6, 6.07) is 10.4. The number of benzene rings is 1. The van der Waals surface area contributed by atoms with Gasteiger partial charge in [0.25, 0.3) is 5.56 Å². The predicted octanol–water partition coefficient (Wildman–Crippen LogP) is 2.01. The van der Waals surface area contributed by atoms with E-state index in [0.717, 1.165) is 69.9 Å². The number of nitrogens with zero attached hydrogens (tertiary/aromatic N) is 4. The maximum Gasteiger partial charge on any atom is 0.330 e. The van der Waals surface area contributed by atoms with E-state index in [1.807, 2.05) is 13.1 Å². The molecule has 0 amide bonds. The summed E-state index contributed by atoms with van der Waals surface area (Å²) in [6.07, 6.45) is 3.51. The number of H-pyrrole nitrogens is 1. The molecule has 3 aromatic heterocycles. The second-order valence-electron chi connectivity index (χ2n) is 8.33. The van der Waals surface area contributed by atoms with Gasteiger partial charge in [-0.3, -0.25) is 9.36 Å². The van der Waals surface area contributed by atoms with Gasteiger partial charge in [0.2, 0.25) is 0 Å². The van der Waals surface area contributed by atoms with Gasteiger partial charge in [-0.15, -0.1) is 0 Å². The molecule has 1 fully saturated rings. The van der Waals surface area contributed by atoms with Crippen molar-refractivity contribution in [2.75, 3.05) is 31.1 Å². The van der Waals surface area contributed by atoms with Crippen molar-refractivity contribution in [2.45, 2.75) is 6.92 Å². The highest BCUT2D eigenvalue weighted by atomic mass is 16.2. The van der Waals surface area contributed by atoms with Gasteiger partial charge in [-0.25, -0.2) is 9.78 Å². The average Bonchev–Trinajstić information content (AvgIpc) is 3.16. The molecule has 0 saturated carbocycles. The van der Waals surface area contributed by atoms with Gasteiger partial charge in [0.15, 0.2) is 0 Å². The molecule has 32 heavy (non-hydrogen) atoms. The molecule has 2 N–H and O–H groups in total. The number of aromatic nitrogens is 4. The molecule has 0 bridgehead atoms. The van der Waals surface area contributed by atoms with Gasteiger partial charge in [-0.1, -0.05) is 12.1 Å². The van der Waals surface area contributed by atoms with Gasteiger partial charge in [-0.05, 0) is 36.2 Å². The highest BCUT2D eigenvalue weighted by Crippen LogP contribution is 2.31. The smallest absolute Gasteiger partial charge is 0.330 e. The van der Waals surface area contributed by atoms with Gasteiger partial charge < -0.3 is 19.8 Å². The Morgan fingerprint density at radius 2 is 1.75 bits per heavy atom. The summed E-state index contributed by atoms with van der Waals surface area (Å²) < 4.78 is 2.57. The number of hydrogen-bond acceptors (Lipinski definition) is 5. The molecule has 0 unspecified atom stereocenters. The van der Waals surface area contributed by atoms with Crippen LogP contribution in [-0.4, -0.2) is 45.3 Å².